The zero-order valence-electron chi connectivity index (χ0n) is 13.0. The average Bonchev–Trinajstić information content (AvgIpc) is 2.89. The van der Waals surface area contributed by atoms with Gasteiger partial charge in [0.05, 0.1) is 24.1 Å². The molecule has 0 saturated heterocycles. The first-order valence-electron chi connectivity index (χ1n) is 7.63. The quantitative estimate of drug-likeness (QED) is 0.835. The van der Waals surface area contributed by atoms with Crippen LogP contribution in [-0.4, -0.2) is 29.4 Å². The molecule has 0 amide bonds. The van der Waals surface area contributed by atoms with E-state index in [4.69, 9.17) is 0 Å². The lowest BCUT2D eigenvalue weighted by Gasteiger charge is -2.37. The largest absolute Gasteiger partial charge is 0.393 e. The molecule has 0 radical (unpaired) electrons. The molecule has 1 aromatic heterocycles. The molecule has 1 saturated carbocycles. The number of benzene rings is 1. The molecule has 1 heterocycles. The Balaban J connectivity index is 1.77. The number of aliphatic hydroxyl groups is 1. The first-order valence-corrected chi connectivity index (χ1v) is 9.29. The van der Waals surface area contributed by atoms with Gasteiger partial charge in [-0.2, -0.15) is 5.10 Å². The van der Waals surface area contributed by atoms with Gasteiger partial charge in [0.2, 0.25) is 10.0 Å². The first-order chi connectivity index (χ1) is 10.9. The van der Waals surface area contributed by atoms with Crippen LogP contribution in [0.2, 0.25) is 0 Å². The van der Waals surface area contributed by atoms with Crippen molar-refractivity contribution >= 4 is 10.0 Å². The zero-order chi connectivity index (χ0) is 16.4. The lowest BCUT2D eigenvalue weighted by Crippen LogP contribution is -2.41. The molecule has 7 heteroatoms. The Kier molecular flexibility index (Phi) is 4.52. The van der Waals surface area contributed by atoms with Crippen LogP contribution in [0.4, 0.5) is 0 Å². The number of nitrogens with one attached hydrogen (secondary N) is 1. The van der Waals surface area contributed by atoms with E-state index >= 15 is 0 Å². The summed E-state index contributed by atoms with van der Waals surface area (Å²) in [5.41, 5.74) is 1.58. The fourth-order valence-corrected chi connectivity index (χ4v) is 4.40. The first kappa shape index (κ1) is 16.2. The summed E-state index contributed by atoms with van der Waals surface area (Å²) in [6.45, 7) is 0. The number of aryl methyl sites for hydroxylation is 1. The highest BCUT2D eigenvalue weighted by Gasteiger charge is 2.37. The molecular weight excluding hydrogens is 314 g/mol. The standard InChI is InChI=1S/C16H21N3O3S/c1-19-10-14(9-17-19)16(13-7-15(20)8-13)18-23(21,22)11-12-5-3-2-4-6-12/h2-6,9-10,13,15-16,18,20H,7-8,11H2,1H3/t13?,15?,16-/m0/s1. The molecule has 124 valence electrons. The van der Waals surface area contributed by atoms with E-state index < -0.39 is 10.0 Å². The third-order valence-electron chi connectivity index (χ3n) is 4.21. The fraction of sp³-hybridized carbons (Fsp3) is 0.438. The average molecular weight is 335 g/mol. The molecule has 0 spiro atoms. The van der Waals surface area contributed by atoms with Gasteiger partial charge in [-0.25, -0.2) is 13.1 Å². The molecule has 2 aromatic rings. The second-order valence-corrected chi connectivity index (χ2v) is 7.93. The van der Waals surface area contributed by atoms with Gasteiger partial charge in [0.25, 0.3) is 0 Å². The molecular formula is C16H21N3O3S. The summed E-state index contributed by atoms with van der Waals surface area (Å²) in [5, 5.41) is 13.7. The lowest BCUT2D eigenvalue weighted by molar-refractivity contribution is 0.0280. The maximum absolute atomic E-state index is 12.5. The van der Waals surface area contributed by atoms with Crippen molar-refractivity contribution in [2.24, 2.45) is 13.0 Å². The number of hydrogen-bond donors (Lipinski definition) is 2. The van der Waals surface area contributed by atoms with E-state index in [2.05, 4.69) is 9.82 Å². The molecule has 0 unspecified atom stereocenters. The molecule has 0 aliphatic heterocycles. The Morgan fingerprint density at radius 1 is 1.35 bits per heavy atom. The van der Waals surface area contributed by atoms with Gasteiger partial charge in [0.1, 0.15) is 0 Å². The van der Waals surface area contributed by atoms with Crippen molar-refractivity contribution in [1.82, 2.24) is 14.5 Å². The van der Waals surface area contributed by atoms with Crippen molar-refractivity contribution < 1.29 is 13.5 Å². The van der Waals surface area contributed by atoms with Crippen LogP contribution < -0.4 is 4.72 Å². The van der Waals surface area contributed by atoms with E-state index in [0.717, 1.165) is 11.1 Å². The Hall–Kier alpha value is -1.70. The third kappa shape index (κ3) is 3.99. The van der Waals surface area contributed by atoms with Gasteiger partial charge in [-0.1, -0.05) is 30.3 Å². The topological polar surface area (TPSA) is 84.2 Å². The number of aliphatic hydroxyl groups excluding tert-OH is 1. The van der Waals surface area contributed by atoms with Gasteiger partial charge < -0.3 is 5.11 Å². The maximum Gasteiger partial charge on any atom is 0.216 e. The molecule has 3 rings (SSSR count). The van der Waals surface area contributed by atoms with Gasteiger partial charge in [0.15, 0.2) is 0 Å². The minimum Gasteiger partial charge on any atom is -0.393 e. The van der Waals surface area contributed by atoms with Crippen molar-refractivity contribution in [2.45, 2.75) is 30.7 Å². The zero-order valence-corrected chi connectivity index (χ0v) is 13.8. The predicted molar refractivity (Wildman–Crippen MR) is 86.9 cm³/mol. The summed E-state index contributed by atoms with van der Waals surface area (Å²) in [6.07, 6.45) is 4.37. The summed E-state index contributed by atoms with van der Waals surface area (Å²) in [5.74, 6) is 0.0413. The number of rotatable bonds is 6. The molecule has 6 nitrogen and oxygen atoms in total. The van der Waals surface area contributed by atoms with E-state index in [9.17, 15) is 13.5 Å². The van der Waals surface area contributed by atoms with E-state index in [1.54, 1.807) is 30.1 Å². The molecule has 0 bridgehead atoms. The van der Waals surface area contributed by atoms with E-state index in [1.165, 1.54) is 0 Å². The summed E-state index contributed by atoms with van der Waals surface area (Å²) in [7, 11) is -1.68. The van der Waals surface area contributed by atoms with Gasteiger partial charge in [-0.05, 0) is 24.3 Å². The van der Waals surface area contributed by atoms with Crippen LogP contribution in [0.15, 0.2) is 42.7 Å². The van der Waals surface area contributed by atoms with Crippen LogP contribution in [0.25, 0.3) is 0 Å². The van der Waals surface area contributed by atoms with Gasteiger partial charge in [0, 0.05) is 18.8 Å². The molecule has 2 N–H and O–H groups in total. The van der Waals surface area contributed by atoms with Crippen LogP contribution in [0.5, 0.6) is 0 Å². The highest BCUT2D eigenvalue weighted by atomic mass is 32.2. The minimum absolute atomic E-state index is 0.0557. The summed E-state index contributed by atoms with van der Waals surface area (Å²) in [4.78, 5) is 0. The molecule has 1 aliphatic rings. The smallest absolute Gasteiger partial charge is 0.216 e. The molecule has 1 fully saturated rings. The fourth-order valence-electron chi connectivity index (χ4n) is 2.97. The highest BCUT2D eigenvalue weighted by Crippen LogP contribution is 2.38. The normalized spacial score (nSPS) is 22.5. The van der Waals surface area contributed by atoms with Crippen LogP contribution in [0, 0.1) is 5.92 Å². The van der Waals surface area contributed by atoms with Crippen molar-refractivity contribution in [1.29, 1.82) is 0 Å². The second kappa shape index (κ2) is 6.43. The highest BCUT2D eigenvalue weighted by molar-refractivity contribution is 7.88. The molecule has 1 aromatic carbocycles. The SMILES string of the molecule is Cn1cc([C@@H](NS(=O)(=O)Cc2ccccc2)C2CC(O)C2)cn1. The Bertz CT molecular complexity index is 752. The van der Waals surface area contributed by atoms with Crippen molar-refractivity contribution in [3.63, 3.8) is 0 Å². The van der Waals surface area contributed by atoms with E-state index in [-0.39, 0.29) is 23.8 Å². The Morgan fingerprint density at radius 2 is 2.04 bits per heavy atom. The number of aromatic nitrogens is 2. The summed E-state index contributed by atoms with van der Waals surface area (Å²) in [6, 6.07) is 8.76. The van der Waals surface area contributed by atoms with Crippen molar-refractivity contribution in [3.05, 3.63) is 53.9 Å². The van der Waals surface area contributed by atoms with Crippen molar-refractivity contribution in [2.75, 3.05) is 0 Å². The number of hydrogen-bond acceptors (Lipinski definition) is 4. The van der Waals surface area contributed by atoms with E-state index in [1.807, 2.05) is 24.4 Å². The van der Waals surface area contributed by atoms with Crippen LogP contribution in [0.3, 0.4) is 0 Å². The minimum atomic E-state index is -3.48. The second-order valence-electron chi connectivity index (χ2n) is 6.17. The number of sulfonamides is 1. The predicted octanol–water partition coefficient (Wildman–Crippen LogP) is 1.35. The third-order valence-corrected chi connectivity index (χ3v) is 5.54. The lowest BCUT2D eigenvalue weighted by atomic mass is 9.76. The maximum atomic E-state index is 12.5. The summed E-state index contributed by atoms with van der Waals surface area (Å²) < 4.78 is 29.5. The monoisotopic (exact) mass is 335 g/mol. The van der Waals surface area contributed by atoms with Crippen LogP contribution >= 0.6 is 0 Å². The molecule has 1 atom stereocenters. The molecule has 23 heavy (non-hydrogen) atoms. The summed E-state index contributed by atoms with van der Waals surface area (Å²) >= 11 is 0. The van der Waals surface area contributed by atoms with Crippen molar-refractivity contribution in [3.8, 4) is 0 Å². The van der Waals surface area contributed by atoms with Crippen LogP contribution in [0.1, 0.15) is 30.0 Å². The van der Waals surface area contributed by atoms with Gasteiger partial charge in [-0.15, -0.1) is 0 Å². The van der Waals surface area contributed by atoms with Gasteiger partial charge >= 0.3 is 0 Å². The van der Waals surface area contributed by atoms with Gasteiger partial charge in [-0.3, -0.25) is 4.68 Å². The Labute approximate surface area is 136 Å². The number of nitrogens with zero attached hydrogens (tertiary/aromatic N) is 2. The Morgan fingerprint density at radius 3 is 2.61 bits per heavy atom. The van der Waals surface area contributed by atoms with E-state index in [0.29, 0.717) is 12.8 Å². The molecule has 1 aliphatic carbocycles. The van der Waals surface area contributed by atoms with Crippen LogP contribution in [-0.2, 0) is 22.8 Å².